The van der Waals surface area contributed by atoms with Crippen molar-refractivity contribution in [3.05, 3.63) is 59.7 Å². The highest BCUT2D eigenvalue weighted by molar-refractivity contribution is 7.92. The molecule has 0 unspecified atom stereocenters. The maximum absolute atomic E-state index is 12.5. The number of ketones is 1. The summed E-state index contributed by atoms with van der Waals surface area (Å²) < 4.78 is 32.2. The molecule has 26 heavy (non-hydrogen) atoms. The average molecular weight is 376 g/mol. The molecule has 0 fully saturated rings. The number of hydrogen-bond donors (Lipinski definition) is 2. The number of anilines is 1. The van der Waals surface area contributed by atoms with Crippen molar-refractivity contribution in [2.45, 2.75) is 11.8 Å². The minimum absolute atomic E-state index is 0.0131. The fourth-order valence-electron chi connectivity index (χ4n) is 2.17. The molecule has 0 aliphatic rings. The van der Waals surface area contributed by atoms with Gasteiger partial charge < -0.3 is 10.1 Å². The predicted molar refractivity (Wildman–Crippen MR) is 97.9 cm³/mol. The molecule has 0 aliphatic carbocycles. The second-order valence-corrected chi connectivity index (χ2v) is 7.20. The van der Waals surface area contributed by atoms with Gasteiger partial charge in [0.2, 0.25) is 0 Å². The summed E-state index contributed by atoms with van der Waals surface area (Å²) in [6, 6.07) is 11.8. The standard InChI is InChI=1S/C18H20N2O5S/c1-13(21)15-4-3-5-16(12-15)20-26(23,24)17-8-6-14(7-9-17)18(22)19-10-11-25-2/h3-9,12,20H,10-11H2,1-2H3,(H,19,22). The van der Waals surface area contributed by atoms with E-state index in [2.05, 4.69) is 10.0 Å². The first-order chi connectivity index (χ1) is 12.3. The topological polar surface area (TPSA) is 102 Å². The molecule has 0 radical (unpaired) electrons. The first kappa shape index (κ1) is 19.6. The Hall–Kier alpha value is -2.71. The van der Waals surface area contributed by atoms with Crippen LogP contribution in [-0.2, 0) is 14.8 Å². The van der Waals surface area contributed by atoms with Gasteiger partial charge in [-0.05, 0) is 43.3 Å². The third-order valence-corrected chi connectivity index (χ3v) is 4.94. The molecule has 0 aromatic heterocycles. The van der Waals surface area contributed by atoms with E-state index >= 15 is 0 Å². The molecule has 0 aliphatic heterocycles. The minimum atomic E-state index is -3.83. The number of carbonyl (C=O) groups is 2. The molecular weight excluding hydrogens is 356 g/mol. The zero-order valence-electron chi connectivity index (χ0n) is 14.5. The number of nitrogens with one attached hydrogen (secondary N) is 2. The molecule has 0 bridgehead atoms. The van der Waals surface area contributed by atoms with Crippen molar-refractivity contribution < 1.29 is 22.7 Å². The lowest BCUT2D eigenvalue weighted by atomic mass is 10.1. The smallest absolute Gasteiger partial charge is 0.261 e. The van der Waals surface area contributed by atoms with Crippen LogP contribution in [0.25, 0.3) is 0 Å². The number of carbonyl (C=O) groups excluding carboxylic acids is 2. The van der Waals surface area contributed by atoms with Gasteiger partial charge in [0.1, 0.15) is 0 Å². The molecule has 0 atom stereocenters. The average Bonchev–Trinajstić information content (AvgIpc) is 2.62. The fourth-order valence-corrected chi connectivity index (χ4v) is 3.22. The van der Waals surface area contributed by atoms with Crippen molar-refractivity contribution in [2.24, 2.45) is 0 Å². The number of rotatable bonds is 8. The number of Topliss-reactive ketones (excluding diaryl/α,β-unsaturated/α-hetero) is 1. The van der Waals surface area contributed by atoms with Crippen LogP contribution in [0.2, 0.25) is 0 Å². The first-order valence-electron chi connectivity index (χ1n) is 7.84. The van der Waals surface area contributed by atoms with Gasteiger partial charge in [-0.2, -0.15) is 0 Å². The maximum atomic E-state index is 12.5. The van der Waals surface area contributed by atoms with Gasteiger partial charge in [0.05, 0.1) is 11.5 Å². The van der Waals surface area contributed by atoms with Gasteiger partial charge in [-0.25, -0.2) is 8.42 Å². The Balaban J connectivity index is 2.13. The van der Waals surface area contributed by atoms with E-state index in [-0.39, 0.29) is 16.6 Å². The minimum Gasteiger partial charge on any atom is -0.383 e. The molecule has 7 nitrogen and oxygen atoms in total. The second kappa shape index (κ2) is 8.59. The number of sulfonamides is 1. The van der Waals surface area contributed by atoms with Gasteiger partial charge in [0, 0.05) is 30.5 Å². The first-order valence-corrected chi connectivity index (χ1v) is 9.33. The molecule has 0 saturated heterocycles. The molecule has 0 spiro atoms. The summed E-state index contributed by atoms with van der Waals surface area (Å²) in [7, 11) is -2.30. The third kappa shape index (κ3) is 5.14. The Morgan fingerprint density at radius 2 is 1.73 bits per heavy atom. The molecule has 2 N–H and O–H groups in total. The monoisotopic (exact) mass is 376 g/mol. The summed E-state index contributed by atoms with van der Waals surface area (Å²) in [5, 5.41) is 2.65. The number of methoxy groups -OCH3 is 1. The summed E-state index contributed by atoms with van der Waals surface area (Å²) in [6.45, 7) is 2.16. The highest BCUT2D eigenvalue weighted by atomic mass is 32.2. The summed E-state index contributed by atoms with van der Waals surface area (Å²) in [5.41, 5.74) is 1.05. The SMILES string of the molecule is COCCNC(=O)c1ccc(S(=O)(=O)Nc2cccc(C(C)=O)c2)cc1. The lowest BCUT2D eigenvalue weighted by Crippen LogP contribution is -2.26. The van der Waals surface area contributed by atoms with E-state index in [4.69, 9.17) is 4.74 Å². The molecule has 0 saturated carbocycles. The van der Waals surface area contributed by atoms with E-state index in [1.54, 1.807) is 18.2 Å². The summed E-state index contributed by atoms with van der Waals surface area (Å²) in [6.07, 6.45) is 0. The van der Waals surface area contributed by atoms with Crippen molar-refractivity contribution in [2.75, 3.05) is 25.0 Å². The van der Waals surface area contributed by atoms with Crippen molar-refractivity contribution in [1.82, 2.24) is 5.32 Å². The Morgan fingerprint density at radius 1 is 1.04 bits per heavy atom. The lowest BCUT2D eigenvalue weighted by molar-refractivity contribution is 0.0936. The quantitative estimate of drug-likeness (QED) is 0.542. The predicted octanol–water partition coefficient (Wildman–Crippen LogP) is 2.07. The van der Waals surface area contributed by atoms with E-state index < -0.39 is 10.0 Å². The van der Waals surface area contributed by atoms with Gasteiger partial charge in [-0.1, -0.05) is 12.1 Å². The molecule has 2 aromatic rings. The van der Waals surface area contributed by atoms with E-state index in [9.17, 15) is 18.0 Å². The normalized spacial score (nSPS) is 11.0. The molecule has 8 heteroatoms. The Bertz CT molecular complexity index is 892. The Morgan fingerprint density at radius 3 is 2.35 bits per heavy atom. The van der Waals surface area contributed by atoms with Crippen LogP contribution in [0.1, 0.15) is 27.6 Å². The fraction of sp³-hybridized carbons (Fsp3) is 0.222. The summed E-state index contributed by atoms with van der Waals surface area (Å²) in [4.78, 5) is 23.3. The zero-order chi connectivity index (χ0) is 19.2. The molecular formula is C18H20N2O5S. The number of benzene rings is 2. The highest BCUT2D eigenvalue weighted by Gasteiger charge is 2.15. The molecule has 1 amide bonds. The van der Waals surface area contributed by atoms with E-state index in [1.807, 2.05) is 0 Å². The Kier molecular flexibility index (Phi) is 6.48. The van der Waals surface area contributed by atoms with Crippen molar-refractivity contribution in [1.29, 1.82) is 0 Å². The van der Waals surface area contributed by atoms with Crippen LogP contribution in [0.15, 0.2) is 53.4 Å². The second-order valence-electron chi connectivity index (χ2n) is 5.52. The van der Waals surface area contributed by atoms with Gasteiger partial charge in [-0.15, -0.1) is 0 Å². The van der Waals surface area contributed by atoms with Gasteiger partial charge >= 0.3 is 0 Å². The van der Waals surface area contributed by atoms with Crippen LogP contribution in [0.5, 0.6) is 0 Å². The van der Waals surface area contributed by atoms with Crippen LogP contribution in [0, 0.1) is 0 Å². The molecule has 138 valence electrons. The van der Waals surface area contributed by atoms with E-state index in [1.165, 1.54) is 44.4 Å². The number of ether oxygens (including phenoxy) is 1. The van der Waals surface area contributed by atoms with Crippen molar-refractivity contribution in [3.63, 3.8) is 0 Å². The number of hydrogen-bond acceptors (Lipinski definition) is 5. The van der Waals surface area contributed by atoms with Crippen LogP contribution >= 0.6 is 0 Å². The lowest BCUT2D eigenvalue weighted by Gasteiger charge is -2.10. The van der Waals surface area contributed by atoms with Crippen molar-refractivity contribution >= 4 is 27.4 Å². The Labute approximate surface area is 152 Å². The summed E-state index contributed by atoms with van der Waals surface area (Å²) >= 11 is 0. The molecule has 2 aromatic carbocycles. The van der Waals surface area contributed by atoms with Crippen LogP contribution in [0.4, 0.5) is 5.69 Å². The zero-order valence-corrected chi connectivity index (χ0v) is 15.3. The van der Waals surface area contributed by atoms with Crippen molar-refractivity contribution in [3.8, 4) is 0 Å². The van der Waals surface area contributed by atoms with Crippen LogP contribution in [0.3, 0.4) is 0 Å². The maximum Gasteiger partial charge on any atom is 0.261 e. The van der Waals surface area contributed by atoms with Crippen LogP contribution in [-0.4, -0.2) is 40.4 Å². The largest absolute Gasteiger partial charge is 0.383 e. The molecule has 0 heterocycles. The van der Waals surface area contributed by atoms with E-state index in [0.29, 0.717) is 30.0 Å². The van der Waals surface area contributed by atoms with Crippen LogP contribution < -0.4 is 10.0 Å². The highest BCUT2D eigenvalue weighted by Crippen LogP contribution is 2.18. The number of amides is 1. The van der Waals surface area contributed by atoms with Gasteiger partial charge in [0.15, 0.2) is 5.78 Å². The third-order valence-electron chi connectivity index (χ3n) is 3.54. The summed E-state index contributed by atoms with van der Waals surface area (Å²) in [5.74, 6) is -0.469. The van der Waals surface area contributed by atoms with E-state index in [0.717, 1.165) is 0 Å². The van der Waals surface area contributed by atoms with Gasteiger partial charge in [0.25, 0.3) is 15.9 Å². The molecule has 2 rings (SSSR count). The van der Waals surface area contributed by atoms with Gasteiger partial charge in [-0.3, -0.25) is 14.3 Å².